The number of carbonyl (C=O) groups excluding carboxylic acids is 1. The van der Waals surface area contributed by atoms with E-state index in [0.29, 0.717) is 11.3 Å². The number of ether oxygens (including phenoxy) is 1. The first kappa shape index (κ1) is 18.9. The van der Waals surface area contributed by atoms with Crippen molar-refractivity contribution in [2.24, 2.45) is 0 Å². The first-order valence-corrected chi connectivity index (χ1v) is 9.31. The second-order valence-electron chi connectivity index (χ2n) is 5.35. The number of halogens is 1. The van der Waals surface area contributed by atoms with Crippen LogP contribution in [-0.2, 0) is 14.8 Å². The van der Waals surface area contributed by atoms with Crippen molar-refractivity contribution in [3.8, 4) is 0 Å². The molecule has 0 bridgehead atoms. The van der Waals surface area contributed by atoms with Gasteiger partial charge in [-0.3, -0.25) is 4.31 Å². The highest BCUT2D eigenvalue weighted by Gasteiger charge is 2.26. The van der Waals surface area contributed by atoms with Gasteiger partial charge in [0.1, 0.15) is 5.82 Å². The lowest BCUT2D eigenvalue weighted by molar-refractivity contribution is 0.0526. The fraction of sp³-hybridized carbons (Fsp3) is 0.278. The Morgan fingerprint density at radius 3 is 2.52 bits per heavy atom. The van der Waals surface area contributed by atoms with E-state index < -0.39 is 21.8 Å². The van der Waals surface area contributed by atoms with E-state index >= 15 is 0 Å². The number of carbonyl (C=O) groups is 1. The monoisotopic (exact) mass is 365 g/mol. The Kier molecular flexibility index (Phi) is 5.79. The van der Waals surface area contributed by atoms with Crippen molar-refractivity contribution < 1.29 is 22.3 Å². The Hall–Kier alpha value is -2.41. The zero-order chi connectivity index (χ0) is 18.6. The molecule has 0 spiro atoms. The van der Waals surface area contributed by atoms with E-state index in [1.54, 1.807) is 39.0 Å². The predicted molar refractivity (Wildman–Crippen MR) is 93.7 cm³/mol. The Morgan fingerprint density at radius 2 is 1.88 bits per heavy atom. The molecule has 0 heterocycles. The average Bonchev–Trinajstić information content (AvgIpc) is 2.58. The second-order valence-corrected chi connectivity index (χ2v) is 7.18. The van der Waals surface area contributed by atoms with Gasteiger partial charge in [-0.25, -0.2) is 17.6 Å². The summed E-state index contributed by atoms with van der Waals surface area (Å²) in [4.78, 5) is 11.8. The van der Waals surface area contributed by atoms with Gasteiger partial charge >= 0.3 is 5.97 Å². The Labute approximate surface area is 147 Å². The van der Waals surface area contributed by atoms with Crippen LogP contribution in [-0.4, -0.2) is 27.5 Å². The van der Waals surface area contributed by atoms with E-state index in [4.69, 9.17) is 4.74 Å². The molecule has 134 valence electrons. The number of rotatable bonds is 6. The quantitative estimate of drug-likeness (QED) is 0.735. The van der Waals surface area contributed by atoms with Crippen LogP contribution in [0.3, 0.4) is 0 Å². The topological polar surface area (TPSA) is 63.7 Å². The lowest BCUT2D eigenvalue weighted by atomic mass is 10.2. The van der Waals surface area contributed by atoms with Crippen LogP contribution < -0.4 is 4.31 Å². The molecule has 0 saturated heterocycles. The van der Waals surface area contributed by atoms with Crippen LogP contribution in [0.15, 0.2) is 47.4 Å². The minimum Gasteiger partial charge on any atom is -0.462 e. The third-order valence-electron chi connectivity index (χ3n) is 3.65. The van der Waals surface area contributed by atoms with Crippen LogP contribution in [0.5, 0.6) is 0 Å². The molecule has 0 amide bonds. The average molecular weight is 365 g/mol. The smallest absolute Gasteiger partial charge is 0.338 e. The fourth-order valence-corrected chi connectivity index (χ4v) is 4.17. The van der Waals surface area contributed by atoms with E-state index in [1.807, 2.05) is 0 Å². The van der Waals surface area contributed by atoms with Crippen molar-refractivity contribution in [3.05, 3.63) is 59.4 Å². The molecular formula is C18H20FNO4S. The van der Waals surface area contributed by atoms with Crippen molar-refractivity contribution in [2.45, 2.75) is 25.7 Å². The van der Waals surface area contributed by atoms with Crippen LogP contribution >= 0.6 is 0 Å². The normalized spacial score (nSPS) is 11.2. The van der Waals surface area contributed by atoms with Crippen LogP contribution in [0.4, 0.5) is 10.1 Å². The SMILES string of the molecule is CCOC(=O)c1cccc(N(CC)S(=O)(=O)c2cc(F)ccc2C)c1. The maximum Gasteiger partial charge on any atom is 0.338 e. The number of aryl methyl sites for hydroxylation is 1. The largest absolute Gasteiger partial charge is 0.462 e. The van der Waals surface area contributed by atoms with Gasteiger partial charge in [-0.2, -0.15) is 0 Å². The minimum absolute atomic E-state index is 0.101. The lowest BCUT2D eigenvalue weighted by Crippen LogP contribution is -2.31. The zero-order valence-electron chi connectivity index (χ0n) is 14.3. The van der Waals surface area contributed by atoms with Crippen molar-refractivity contribution in [3.63, 3.8) is 0 Å². The molecule has 0 aromatic heterocycles. The third-order valence-corrected chi connectivity index (χ3v) is 5.70. The highest BCUT2D eigenvalue weighted by Crippen LogP contribution is 2.27. The van der Waals surface area contributed by atoms with E-state index in [-0.39, 0.29) is 23.6 Å². The third kappa shape index (κ3) is 3.99. The Balaban J connectivity index is 2.50. The molecule has 5 nitrogen and oxygen atoms in total. The minimum atomic E-state index is -3.97. The van der Waals surface area contributed by atoms with Crippen LogP contribution in [0.25, 0.3) is 0 Å². The number of sulfonamides is 1. The molecule has 0 unspecified atom stereocenters. The molecule has 2 aromatic rings. The number of hydrogen-bond acceptors (Lipinski definition) is 4. The second kappa shape index (κ2) is 7.65. The number of nitrogens with zero attached hydrogens (tertiary/aromatic N) is 1. The molecule has 2 aromatic carbocycles. The Bertz CT molecular complexity index is 880. The van der Waals surface area contributed by atoms with E-state index in [9.17, 15) is 17.6 Å². The van der Waals surface area contributed by atoms with E-state index in [2.05, 4.69) is 0 Å². The molecule has 0 atom stereocenters. The summed E-state index contributed by atoms with van der Waals surface area (Å²) in [6.07, 6.45) is 0. The van der Waals surface area contributed by atoms with Gasteiger partial charge in [0.05, 0.1) is 22.8 Å². The maximum absolute atomic E-state index is 13.6. The van der Waals surface area contributed by atoms with Crippen molar-refractivity contribution in [1.82, 2.24) is 0 Å². The molecule has 25 heavy (non-hydrogen) atoms. The van der Waals surface area contributed by atoms with Gasteiger partial charge in [-0.1, -0.05) is 12.1 Å². The summed E-state index contributed by atoms with van der Waals surface area (Å²) in [6, 6.07) is 9.80. The summed E-state index contributed by atoms with van der Waals surface area (Å²) in [5.41, 5.74) is 1.02. The molecule has 7 heteroatoms. The van der Waals surface area contributed by atoms with Gasteiger partial charge in [-0.05, 0) is 56.7 Å². The standard InChI is InChI=1S/C18H20FNO4S/c1-4-20(16-8-6-7-14(11-16)18(21)24-5-2)25(22,23)17-12-15(19)10-9-13(17)3/h6-12H,4-5H2,1-3H3. The fourth-order valence-electron chi connectivity index (χ4n) is 2.46. The number of anilines is 1. The summed E-state index contributed by atoms with van der Waals surface area (Å²) in [5, 5.41) is 0. The molecule has 0 aliphatic rings. The van der Waals surface area contributed by atoms with Crippen molar-refractivity contribution in [2.75, 3.05) is 17.5 Å². The first-order valence-electron chi connectivity index (χ1n) is 7.87. The molecule has 0 fully saturated rings. The Morgan fingerprint density at radius 1 is 1.16 bits per heavy atom. The van der Waals surface area contributed by atoms with Crippen molar-refractivity contribution >= 4 is 21.7 Å². The molecule has 0 aliphatic carbocycles. The summed E-state index contributed by atoms with van der Waals surface area (Å²) >= 11 is 0. The molecule has 0 saturated carbocycles. The molecule has 0 aliphatic heterocycles. The van der Waals surface area contributed by atoms with Gasteiger partial charge in [-0.15, -0.1) is 0 Å². The van der Waals surface area contributed by atoms with Crippen LogP contribution in [0.1, 0.15) is 29.8 Å². The maximum atomic E-state index is 13.6. The lowest BCUT2D eigenvalue weighted by Gasteiger charge is -2.24. The van der Waals surface area contributed by atoms with Gasteiger partial charge < -0.3 is 4.74 Å². The number of esters is 1. The zero-order valence-corrected chi connectivity index (χ0v) is 15.1. The predicted octanol–water partition coefficient (Wildman–Crippen LogP) is 3.53. The highest BCUT2D eigenvalue weighted by atomic mass is 32.2. The van der Waals surface area contributed by atoms with Gasteiger partial charge in [0.2, 0.25) is 0 Å². The molecule has 0 radical (unpaired) electrons. The summed E-state index contributed by atoms with van der Waals surface area (Å²) in [7, 11) is -3.97. The van der Waals surface area contributed by atoms with Gasteiger partial charge in [0.25, 0.3) is 10.0 Å². The number of benzene rings is 2. The molecule has 2 rings (SSSR count). The van der Waals surface area contributed by atoms with E-state index in [0.717, 1.165) is 10.4 Å². The van der Waals surface area contributed by atoms with Gasteiger partial charge in [0.15, 0.2) is 0 Å². The highest BCUT2D eigenvalue weighted by molar-refractivity contribution is 7.92. The summed E-state index contributed by atoms with van der Waals surface area (Å²) < 4.78 is 45.6. The number of hydrogen-bond donors (Lipinski definition) is 0. The first-order chi connectivity index (χ1) is 11.8. The summed E-state index contributed by atoms with van der Waals surface area (Å²) in [6.45, 7) is 5.32. The molecule has 0 N–H and O–H groups in total. The van der Waals surface area contributed by atoms with Crippen LogP contribution in [0, 0.1) is 12.7 Å². The van der Waals surface area contributed by atoms with Gasteiger partial charge in [0, 0.05) is 6.54 Å². The molecular weight excluding hydrogens is 345 g/mol. The summed E-state index contributed by atoms with van der Waals surface area (Å²) in [5.74, 6) is -1.15. The van der Waals surface area contributed by atoms with E-state index in [1.165, 1.54) is 18.2 Å². The van der Waals surface area contributed by atoms with Crippen molar-refractivity contribution in [1.29, 1.82) is 0 Å². The van der Waals surface area contributed by atoms with Crippen LogP contribution in [0.2, 0.25) is 0 Å².